The van der Waals surface area contributed by atoms with Crippen LogP contribution >= 0.6 is 0 Å². The first-order valence-corrected chi connectivity index (χ1v) is 5.08. The van der Waals surface area contributed by atoms with E-state index in [0.717, 1.165) is 6.07 Å². The minimum Gasteiger partial charge on any atom is -0.477 e. The van der Waals surface area contributed by atoms with Crippen molar-refractivity contribution in [2.75, 3.05) is 0 Å². The minimum atomic E-state index is -1.33. The highest BCUT2D eigenvalue weighted by molar-refractivity contribution is 5.88. The number of nitrogens with one attached hydrogen (secondary N) is 1. The molecule has 1 heterocycles. The van der Waals surface area contributed by atoms with E-state index in [-0.39, 0.29) is 11.5 Å². The average Bonchev–Trinajstić information content (AvgIpc) is 2.33. The number of nitrogens with zero attached hydrogens (tertiary/aromatic N) is 1. The Morgan fingerprint density at radius 1 is 1.39 bits per heavy atom. The topological polar surface area (TPSA) is 83.0 Å². The molecule has 0 amide bonds. The van der Waals surface area contributed by atoms with E-state index in [1.165, 1.54) is 18.2 Å². The number of halogens is 1. The Balaban J connectivity index is 2.57. The number of rotatable bonds is 2. The number of aromatic carboxylic acids is 1. The lowest BCUT2D eigenvalue weighted by Gasteiger charge is -2.03. The predicted octanol–water partition coefficient (Wildman–Crippen LogP) is 1.58. The van der Waals surface area contributed by atoms with Gasteiger partial charge < -0.3 is 5.11 Å². The highest BCUT2D eigenvalue weighted by atomic mass is 19.1. The molecular weight excluding hydrogens is 239 g/mol. The largest absolute Gasteiger partial charge is 0.477 e. The molecule has 0 bridgehead atoms. The van der Waals surface area contributed by atoms with Crippen LogP contribution in [0.3, 0.4) is 0 Å². The molecule has 2 rings (SSSR count). The molecule has 0 aliphatic carbocycles. The number of benzene rings is 1. The van der Waals surface area contributed by atoms with Crippen molar-refractivity contribution in [1.82, 2.24) is 10.2 Å². The van der Waals surface area contributed by atoms with Gasteiger partial charge in [0.15, 0.2) is 0 Å². The Kier molecular flexibility index (Phi) is 2.93. The number of aryl methyl sites for hydroxylation is 1. The van der Waals surface area contributed by atoms with Gasteiger partial charge in [0.05, 0.1) is 5.69 Å². The van der Waals surface area contributed by atoms with Gasteiger partial charge in [0.2, 0.25) is 0 Å². The van der Waals surface area contributed by atoms with Crippen molar-refractivity contribution in [3.8, 4) is 11.3 Å². The Bertz CT molecular complexity index is 679. The molecule has 1 aromatic heterocycles. The van der Waals surface area contributed by atoms with Crippen LogP contribution in [0.25, 0.3) is 11.3 Å². The normalized spacial score (nSPS) is 10.3. The Labute approximate surface area is 101 Å². The second kappa shape index (κ2) is 4.40. The van der Waals surface area contributed by atoms with Crippen LogP contribution in [0.4, 0.5) is 4.39 Å². The van der Waals surface area contributed by atoms with E-state index < -0.39 is 17.1 Å². The maximum atomic E-state index is 13.1. The molecule has 92 valence electrons. The van der Waals surface area contributed by atoms with Crippen LogP contribution in [0.1, 0.15) is 15.9 Å². The van der Waals surface area contributed by atoms with Crippen LogP contribution < -0.4 is 5.56 Å². The second-order valence-corrected chi connectivity index (χ2v) is 3.77. The first kappa shape index (κ1) is 12.0. The van der Waals surface area contributed by atoms with Gasteiger partial charge in [0, 0.05) is 5.56 Å². The molecule has 0 aliphatic heterocycles. The van der Waals surface area contributed by atoms with Crippen molar-refractivity contribution in [3.05, 3.63) is 51.6 Å². The lowest BCUT2D eigenvalue weighted by Crippen LogP contribution is -2.18. The van der Waals surface area contributed by atoms with Crippen molar-refractivity contribution >= 4 is 5.97 Å². The van der Waals surface area contributed by atoms with E-state index in [0.29, 0.717) is 11.1 Å². The van der Waals surface area contributed by atoms with Crippen molar-refractivity contribution in [1.29, 1.82) is 0 Å². The summed E-state index contributed by atoms with van der Waals surface area (Å²) in [4.78, 5) is 22.0. The molecule has 6 heteroatoms. The van der Waals surface area contributed by atoms with Crippen molar-refractivity contribution in [3.63, 3.8) is 0 Å². The summed E-state index contributed by atoms with van der Waals surface area (Å²) in [5.41, 5.74) is 0.0483. The third-order valence-corrected chi connectivity index (χ3v) is 2.49. The van der Waals surface area contributed by atoms with E-state index in [4.69, 9.17) is 5.11 Å². The molecule has 18 heavy (non-hydrogen) atoms. The monoisotopic (exact) mass is 248 g/mol. The SMILES string of the molecule is Cc1cc(-c2cc(C(=O)O)c(=O)[nH]n2)ccc1F. The second-order valence-electron chi connectivity index (χ2n) is 3.77. The van der Waals surface area contributed by atoms with Crippen LogP contribution in [0.15, 0.2) is 29.1 Å². The Hall–Kier alpha value is -2.50. The predicted molar refractivity (Wildman–Crippen MR) is 61.9 cm³/mol. The molecule has 0 spiro atoms. The third-order valence-electron chi connectivity index (χ3n) is 2.49. The lowest BCUT2D eigenvalue weighted by molar-refractivity contribution is 0.0694. The third kappa shape index (κ3) is 2.13. The number of carboxylic acid groups (broad SMARTS) is 1. The smallest absolute Gasteiger partial charge is 0.341 e. The summed E-state index contributed by atoms with van der Waals surface area (Å²) in [6.07, 6.45) is 0. The van der Waals surface area contributed by atoms with Gasteiger partial charge in [0.25, 0.3) is 5.56 Å². The Morgan fingerprint density at radius 3 is 2.72 bits per heavy atom. The molecule has 0 radical (unpaired) electrons. The Morgan fingerprint density at radius 2 is 2.11 bits per heavy atom. The summed E-state index contributed by atoms with van der Waals surface area (Å²) in [6.45, 7) is 1.59. The number of hydrogen-bond acceptors (Lipinski definition) is 3. The van der Waals surface area contributed by atoms with Gasteiger partial charge >= 0.3 is 5.97 Å². The van der Waals surface area contributed by atoms with Gasteiger partial charge in [0.1, 0.15) is 11.4 Å². The van der Waals surface area contributed by atoms with Gasteiger partial charge in [-0.3, -0.25) is 4.79 Å². The fraction of sp³-hybridized carbons (Fsp3) is 0.0833. The first-order chi connectivity index (χ1) is 8.49. The van der Waals surface area contributed by atoms with Crippen LogP contribution in [0.5, 0.6) is 0 Å². The molecule has 2 N–H and O–H groups in total. The molecule has 0 atom stereocenters. The molecule has 0 fully saturated rings. The summed E-state index contributed by atoms with van der Waals surface area (Å²) in [5, 5.41) is 14.7. The fourth-order valence-electron chi connectivity index (χ4n) is 1.52. The van der Waals surface area contributed by atoms with Crippen LogP contribution in [0, 0.1) is 12.7 Å². The van der Waals surface area contributed by atoms with Gasteiger partial charge in [-0.15, -0.1) is 0 Å². The fourth-order valence-corrected chi connectivity index (χ4v) is 1.52. The number of carbonyl (C=O) groups is 1. The zero-order valence-electron chi connectivity index (χ0n) is 9.40. The van der Waals surface area contributed by atoms with Crippen LogP contribution in [-0.4, -0.2) is 21.3 Å². The first-order valence-electron chi connectivity index (χ1n) is 5.08. The molecule has 2 aromatic rings. The quantitative estimate of drug-likeness (QED) is 0.845. The maximum absolute atomic E-state index is 13.1. The summed E-state index contributed by atoms with van der Waals surface area (Å²) < 4.78 is 13.1. The van der Waals surface area contributed by atoms with Crippen molar-refractivity contribution < 1.29 is 14.3 Å². The van der Waals surface area contributed by atoms with Gasteiger partial charge in [-0.25, -0.2) is 14.3 Å². The van der Waals surface area contributed by atoms with Crippen LogP contribution in [-0.2, 0) is 0 Å². The van der Waals surface area contributed by atoms with E-state index >= 15 is 0 Å². The highest BCUT2D eigenvalue weighted by Gasteiger charge is 2.12. The lowest BCUT2D eigenvalue weighted by atomic mass is 10.1. The number of carboxylic acids is 1. The molecule has 0 aliphatic rings. The standard InChI is InChI=1S/C12H9FN2O3/c1-6-4-7(2-3-9(6)13)10-5-8(12(17)18)11(16)15-14-10/h2-5H,1H3,(H,15,16)(H,17,18). The number of aromatic amines is 1. The molecule has 0 saturated carbocycles. The van der Waals surface area contributed by atoms with E-state index in [2.05, 4.69) is 10.2 Å². The van der Waals surface area contributed by atoms with Gasteiger partial charge in [-0.2, -0.15) is 5.10 Å². The minimum absolute atomic E-state index is 0.273. The maximum Gasteiger partial charge on any atom is 0.341 e. The molecular formula is C12H9FN2O3. The average molecular weight is 248 g/mol. The van der Waals surface area contributed by atoms with Crippen LogP contribution in [0.2, 0.25) is 0 Å². The zero-order chi connectivity index (χ0) is 13.3. The van der Waals surface area contributed by atoms with E-state index in [1.807, 2.05) is 0 Å². The van der Waals surface area contributed by atoms with Gasteiger partial charge in [-0.1, -0.05) is 0 Å². The number of hydrogen-bond donors (Lipinski definition) is 2. The summed E-state index contributed by atoms with van der Waals surface area (Å²) in [7, 11) is 0. The zero-order valence-corrected chi connectivity index (χ0v) is 9.40. The molecule has 5 nitrogen and oxygen atoms in total. The molecule has 0 saturated heterocycles. The van der Waals surface area contributed by atoms with Gasteiger partial charge in [-0.05, 0) is 36.8 Å². The highest BCUT2D eigenvalue weighted by Crippen LogP contribution is 2.19. The molecule has 0 unspecified atom stereocenters. The summed E-state index contributed by atoms with van der Waals surface area (Å²) in [5.74, 6) is -1.69. The number of aromatic nitrogens is 2. The summed E-state index contributed by atoms with van der Waals surface area (Å²) >= 11 is 0. The summed E-state index contributed by atoms with van der Waals surface area (Å²) in [6, 6.07) is 5.42. The molecule has 1 aromatic carbocycles. The van der Waals surface area contributed by atoms with Crippen molar-refractivity contribution in [2.24, 2.45) is 0 Å². The van der Waals surface area contributed by atoms with Crippen molar-refractivity contribution in [2.45, 2.75) is 6.92 Å². The van der Waals surface area contributed by atoms with E-state index in [9.17, 15) is 14.0 Å². The number of H-pyrrole nitrogens is 1. The van der Waals surface area contributed by atoms with E-state index in [1.54, 1.807) is 6.92 Å².